The molecule has 2 amide bonds. The third kappa shape index (κ3) is 2.89. The van der Waals surface area contributed by atoms with Crippen molar-refractivity contribution < 1.29 is 9.59 Å². The van der Waals surface area contributed by atoms with Gasteiger partial charge < -0.3 is 10.2 Å². The van der Waals surface area contributed by atoms with Gasteiger partial charge in [0.05, 0.1) is 11.9 Å². The topological polar surface area (TPSA) is 88.1 Å². The molecule has 3 heterocycles. The van der Waals surface area contributed by atoms with E-state index in [2.05, 4.69) is 20.3 Å². The van der Waals surface area contributed by atoms with Gasteiger partial charge in [-0.15, -0.1) is 11.3 Å². The molecular weight excluding hydrogens is 290 g/mol. The fourth-order valence-corrected chi connectivity index (χ4v) is 2.92. The largest absolute Gasteiger partial charge is 0.336 e. The van der Waals surface area contributed by atoms with Crippen molar-refractivity contribution in [2.45, 2.75) is 12.8 Å². The molecule has 8 heteroatoms. The number of likely N-dealkylation sites (tertiary alicyclic amines) is 1. The van der Waals surface area contributed by atoms with E-state index in [-0.39, 0.29) is 17.7 Å². The van der Waals surface area contributed by atoms with Crippen LogP contribution in [0.3, 0.4) is 0 Å². The lowest BCUT2D eigenvalue weighted by atomic mass is 9.97. The summed E-state index contributed by atoms with van der Waals surface area (Å²) in [4.78, 5) is 37.0. The van der Waals surface area contributed by atoms with Crippen molar-refractivity contribution in [3.05, 3.63) is 35.4 Å². The summed E-state index contributed by atoms with van der Waals surface area (Å²) in [5.41, 5.74) is 1.26. The van der Waals surface area contributed by atoms with Crippen molar-refractivity contribution in [2.24, 2.45) is 0 Å². The molecule has 0 aromatic carbocycles. The molecule has 1 fully saturated rings. The first-order valence-corrected chi connectivity index (χ1v) is 7.30. The second-order valence-electron chi connectivity index (χ2n) is 4.76. The molecule has 0 aliphatic carbocycles. The van der Waals surface area contributed by atoms with Crippen LogP contribution in [0.15, 0.2) is 24.0 Å². The van der Waals surface area contributed by atoms with E-state index >= 15 is 0 Å². The van der Waals surface area contributed by atoms with Crippen molar-refractivity contribution in [1.29, 1.82) is 0 Å². The Morgan fingerprint density at radius 3 is 2.86 bits per heavy atom. The van der Waals surface area contributed by atoms with E-state index in [1.165, 1.54) is 36.9 Å². The Bertz CT molecular complexity index is 666. The number of hydrogen-bond donors (Lipinski definition) is 1. The Morgan fingerprint density at radius 1 is 1.38 bits per heavy atom. The van der Waals surface area contributed by atoms with E-state index in [9.17, 15) is 9.59 Å². The first-order chi connectivity index (χ1) is 10.1. The molecule has 3 rings (SSSR count). The van der Waals surface area contributed by atoms with E-state index in [4.69, 9.17) is 0 Å². The minimum absolute atomic E-state index is 0.114. The van der Waals surface area contributed by atoms with Gasteiger partial charge in [0.2, 0.25) is 5.91 Å². The van der Waals surface area contributed by atoms with Gasteiger partial charge in [-0.05, 0) is 0 Å². The van der Waals surface area contributed by atoms with E-state index < -0.39 is 0 Å². The van der Waals surface area contributed by atoms with Gasteiger partial charge in [-0.1, -0.05) is 0 Å². The zero-order chi connectivity index (χ0) is 14.8. The van der Waals surface area contributed by atoms with Gasteiger partial charge in [0, 0.05) is 43.7 Å². The standard InChI is InChI=1S/C13H13N5O2S/c1-8(19)16-13-17-11(7-21-13)9-5-18(6-9)12(20)10-4-14-2-3-15-10/h2-4,7,9H,5-6H2,1H3,(H,16,17,19). The number of thiazole rings is 1. The first-order valence-electron chi connectivity index (χ1n) is 6.42. The molecule has 2 aromatic heterocycles. The zero-order valence-corrected chi connectivity index (χ0v) is 12.1. The average Bonchev–Trinajstić information content (AvgIpc) is 2.85. The van der Waals surface area contributed by atoms with Crippen LogP contribution in [-0.4, -0.2) is 44.8 Å². The fraction of sp³-hybridized carbons (Fsp3) is 0.308. The molecule has 0 radical (unpaired) electrons. The molecule has 0 spiro atoms. The molecule has 108 valence electrons. The minimum atomic E-state index is -0.135. The highest BCUT2D eigenvalue weighted by Gasteiger charge is 2.34. The normalized spacial score (nSPS) is 14.6. The summed E-state index contributed by atoms with van der Waals surface area (Å²) in [6, 6.07) is 0. The van der Waals surface area contributed by atoms with E-state index in [1.807, 2.05) is 5.38 Å². The smallest absolute Gasteiger partial charge is 0.274 e. The molecule has 0 bridgehead atoms. The second kappa shape index (κ2) is 5.57. The molecule has 7 nitrogen and oxygen atoms in total. The maximum absolute atomic E-state index is 12.1. The van der Waals surface area contributed by atoms with Crippen LogP contribution < -0.4 is 5.32 Å². The quantitative estimate of drug-likeness (QED) is 0.918. The zero-order valence-electron chi connectivity index (χ0n) is 11.3. The van der Waals surface area contributed by atoms with Crippen molar-refractivity contribution in [3.63, 3.8) is 0 Å². The lowest BCUT2D eigenvalue weighted by Gasteiger charge is -2.38. The molecule has 1 saturated heterocycles. The SMILES string of the molecule is CC(=O)Nc1nc(C2CN(C(=O)c3cnccn3)C2)cs1. The van der Waals surface area contributed by atoms with Crippen molar-refractivity contribution in [2.75, 3.05) is 18.4 Å². The lowest BCUT2D eigenvalue weighted by molar-refractivity contribution is -0.114. The maximum atomic E-state index is 12.1. The summed E-state index contributed by atoms with van der Waals surface area (Å²) in [5, 5.41) is 5.17. The van der Waals surface area contributed by atoms with Gasteiger partial charge in [0.15, 0.2) is 5.13 Å². The van der Waals surface area contributed by atoms with Gasteiger partial charge in [0.1, 0.15) is 5.69 Å². The van der Waals surface area contributed by atoms with Crippen LogP contribution >= 0.6 is 11.3 Å². The number of amides is 2. The number of carbonyl (C=O) groups is 2. The first kappa shape index (κ1) is 13.6. The Hall–Kier alpha value is -2.35. The molecular formula is C13H13N5O2S. The molecule has 0 atom stereocenters. The minimum Gasteiger partial charge on any atom is -0.336 e. The van der Waals surface area contributed by atoms with Crippen LogP contribution in [0.2, 0.25) is 0 Å². The Labute approximate surface area is 125 Å². The van der Waals surface area contributed by atoms with Gasteiger partial charge >= 0.3 is 0 Å². The summed E-state index contributed by atoms with van der Waals surface area (Å²) in [7, 11) is 0. The fourth-order valence-electron chi connectivity index (χ4n) is 2.08. The van der Waals surface area contributed by atoms with Crippen molar-refractivity contribution in [1.82, 2.24) is 19.9 Å². The third-order valence-electron chi connectivity index (χ3n) is 3.17. The second-order valence-corrected chi connectivity index (χ2v) is 5.61. The Balaban J connectivity index is 1.59. The maximum Gasteiger partial charge on any atom is 0.274 e. The Morgan fingerprint density at radius 2 is 2.19 bits per heavy atom. The van der Waals surface area contributed by atoms with Crippen LogP contribution in [0, 0.1) is 0 Å². The van der Waals surface area contributed by atoms with Crippen molar-refractivity contribution in [3.8, 4) is 0 Å². The summed E-state index contributed by atoms with van der Waals surface area (Å²) in [6.07, 6.45) is 4.51. The third-order valence-corrected chi connectivity index (χ3v) is 3.95. The number of hydrogen-bond acceptors (Lipinski definition) is 6. The highest BCUT2D eigenvalue weighted by molar-refractivity contribution is 7.13. The predicted octanol–water partition coefficient (Wildman–Crippen LogP) is 1.13. The molecule has 2 aromatic rings. The van der Waals surface area contributed by atoms with Gasteiger partial charge in [0.25, 0.3) is 5.91 Å². The summed E-state index contributed by atoms with van der Waals surface area (Å²) in [5.74, 6) is -0.0370. The van der Waals surface area contributed by atoms with E-state index in [0.717, 1.165) is 5.69 Å². The number of anilines is 1. The van der Waals surface area contributed by atoms with Gasteiger partial charge in [-0.2, -0.15) is 0 Å². The number of rotatable bonds is 3. The van der Waals surface area contributed by atoms with Crippen LogP contribution in [0.25, 0.3) is 0 Å². The number of nitrogens with zero attached hydrogens (tertiary/aromatic N) is 4. The van der Waals surface area contributed by atoms with E-state index in [0.29, 0.717) is 23.9 Å². The van der Waals surface area contributed by atoms with Gasteiger partial charge in [-0.25, -0.2) is 9.97 Å². The summed E-state index contributed by atoms with van der Waals surface area (Å²) < 4.78 is 0. The van der Waals surface area contributed by atoms with Crippen molar-refractivity contribution >= 4 is 28.3 Å². The molecule has 1 aliphatic rings. The molecule has 1 aliphatic heterocycles. The van der Waals surface area contributed by atoms with Crippen LogP contribution in [0.5, 0.6) is 0 Å². The Kier molecular flexibility index (Phi) is 3.61. The summed E-state index contributed by atoms with van der Waals surface area (Å²) >= 11 is 1.39. The summed E-state index contributed by atoms with van der Waals surface area (Å²) in [6.45, 7) is 2.67. The van der Waals surface area contributed by atoms with Crippen LogP contribution in [0.1, 0.15) is 29.0 Å². The van der Waals surface area contributed by atoms with Crippen LogP contribution in [0.4, 0.5) is 5.13 Å². The predicted molar refractivity (Wildman–Crippen MR) is 77.1 cm³/mol. The number of nitrogens with one attached hydrogen (secondary N) is 1. The number of carbonyl (C=O) groups excluding carboxylic acids is 2. The molecule has 0 unspecified atom stereocenters. The highest BCUT2D eigenvalue weighted by atomic mass is 32.1. The van der Waals surface area contributed by atoms with E-state index in [1.54, 1.807) is 4.90 Å². The van der Waals surface area contributed by atoms with Crippen LogP contribution in [-0.2, 0) is 4.79 Å². The molecule has 0 saturated carbocycles. The molecule has 21 heavy (non-hydrogen) atoms. The monoisotopic (exact) mass is 303 g/mol. The lowest BCUT2D eigenvalue weighted by Crippen LogP contribution is -2.48. The number of aromatic nitrogens is 3. The van der Waals surface area contributed by atoms with Gasteiger partial charge in [-0.3, -0.25) is 14.6 Å². The molecule has 1 N–H and O–H groups in total. The average molecular weight is 303 g/mol. The highest BCUT2D eigenvalue weighted by Crippen LogP contribution is 2.30.